The molecule has 9 heteroatoms. The minimum atomic E-state index is -1.22. The largest absolute Gasteiger partial charge is 0.444 e. The highest BCUT2D eigenvalue weighted by atomic mass is 19.2. The van der Waals surface area contributed by atoms with Crippen LogP contribution in [0, 0.1) is 11.6 Å². The molecule has 0 fully saturated rings. The number of benzene rings is 1. The molecular formula is C14H16F2N4O3. The maximum atomic E-state index is 13.8. The molecule has 1 aromatic heterocycles. The highest BCUT2D eigenvalue weighted by molar-refractivity contribution is 5.86. The van der Waals surface area contributed by atoms with E-state index >= 15 is 0 Å². The van der Waals surface area contributed by atoms with Gasteiger partial charge >= 0.3 is 6.09 Å². The van der Waals surface area contributed by atoms with Gasteiger partial charge in [-0.15, -0.1) is 0 Å². The third kappa shape index (κ3) is 4.22. The van der Waals surface area contributed by atoms with Crippen LogP contribution in [-0.2, 0) is 11.3 Å². The monoisotopic (exact) mass is 326 g/mol. The number of hydrogen-bond acceptors (Lipinski definition) is 6. The molecule has 2 rings (SSSR count). The first-order valence-electron chi connectivity index (χ1n) is 6.71. The van der Waals surface area contributed by atoms with Crippen LogP contribution in [0.5, 0.6) is 0 Å². The summed E-state index contributed by atoms with van der Waals surface area (Å²) in [5.41, 5.74) is 4.30. The van der Waals surface area contributed by atoms with Gasteiger partial charge in [0, 0.05) is 5.56 Å². The van der Waals surface area contributed by atoms with Crippen molar-refractivity contribution in [3.05, 3.63) is 29.7 Å². The van der Waals surface area contributed by atoms with Gasteiger partial charge in [-0.1, -0.05) is 5.16 Å². The van der Waals surface area contributed by atoms with Gasteiger partial charge in [0.05, 0.1) is 12.2 Å². The van der Waals surface area contributed by atoms with E-state index in [4.69, 9.17) is 15.0 Å². The third-order valence-electron chi connectivity index (χ3n) is 2.56. The lowest BCUT2D eigenvalue weighted by Crippen LogP contribution is -2.27. The van der Waals surface area contributed by atoms with E-state index in [9.17, 15) is 13.6 Å². The summed E-state index contributed by atoms with van der Waals surface area (Å²) in [6.07, 6.45) is -0.913. The number of nitrogens with zero attached hydrogens (tertiary/aromatic N) is 2. The van der Waals surface area contributed by atoms with Crippen LogP contribution in [0.3, 0.4) is 0 Å². The normalized spacial score (nSPS) is 11.4. The number of hydrogen-bond donors (Lipinski definition) is 2. The SMILES string of the molecule is CC(C)(C)OC(=O)Nc1cc(-c2noc(CN)n2)cc(F)c1F. The molecule has 1 heterocycles. The Morgan fingerprint density at radius 2 is 2.09 bits per heavy atom. The van der Waals surface area contributed by atoms with Gasteiger partial charge < -0.3 is 15.0 Å². The first kappa shape index (κ1) is 16.8. The van der Waals surface area contributed by atoms with Crippen LogP contribution in [0.25, 0.3) is 11.4 Å². The van der Waals surface area contributed by atoms with E-state index in [0.29, 0.717) is 0 Å². The zero-order valence-corrected chi connectivity index (χ0v) is 12.8. The van der Waals surface area contributed by atoms with Crippen molar-refractivity contribution in [1.29, 1.82) is 0 Å². The summed E-state index contributed by atoms with van der Waals surface area (Å²) in [6, 6.07) is 2.06. The molecule has 0 spiro atoms. The van der Waals surface area contributed by atoms with Crippen LogP contribution >= 0.6 is 0 Å². The molecule has 0 saturated heterocycles. The Balaban J connectivity index is 2.31. The van der Waals surface area contributed by atoms with Gasteiger partial charge in [-0.3, -0.25) is 5.32 Å². The molecule has 0 aliphatic heterocycles. The molecule has 0 unspecified atom stereocenters. The highest BCUT2D eigenvalue weighted by Gasteiger charge is 2.20. The fraction of sp³-hybridized carbons (Fsp3) is 0.357. The fourth-order valence-corrected chi connectivity index (χ4v) is 1.68. The van der Waals surface area contributed by atoms with Crippen molar-refractivity contribution < 1.29 is 22.8 Å². The molecule has 1 aromatic carbocycles. The zero-order chi connectivity index (χ0) is 17.2. The van der Waals surface area contributed by atoms with Gasteiger partial charge in [0.2, 0.25) is 11.7 Å². The molecule has 1 amide bonds. The van der Waals surface area contributed by atoms with E-state index < -0.39 is 29.0 Å². The summed E-state index contributed by atoms with van der Waals surface area (Å²) >= 11 is 0. The predicted molar refractivity (Wildman–Crippen MR) is 77.4 cm³/mol. The number of ether oxygens (including phenoxy) is 1. The number of rotatable bonds is 3. The number of amides is 1. The molecule has 23 heavy (non-hydrogen) atoms. The summed E-state index contributed by atoms with van der Waals surface area (Å²) in [6.45, 7) is 4.95. The smallest absolute Gasteiger partial charge is 0.412 e. The Morgan fingerprint density at radius 1 is 1.39 bits per heavy atom. The van der Waals surface area contributed by atoms with Crippen LogP contribution in [-0.4, -0.2) is 21.8 Å². The Morgan fingerprint density at radius 3 is 2.65 bits per heavy atom. The zero-order valence-electron chi connectivity index (χ0n) is 12.8. The molecule has 7 nitrogen and oxygen atoms in total. The lowest BCUT2D eigenvalue weighted by Gasteiger charge is -2.20. The van der Waals surface area contributed by atoms with Crippen molar-refractivity contribution in [3.8, 4) is 11.4 Å². The second kappa shape index (κ2) is 6.29. The first-order valence-corrected chi connectivity index (χ1v) is 6.71. The average Bonchev–Trinajstić information content (AvgIpc) is 2.90. The molecule has 0 aliphatic carbocycles. The van der Waals surface area contributed by atoms with Gasteiger partial charge in [0.25, 0.3) is 0 Å². The van der Waals surface area contributed by atoms with Crippen LogP contribution in [0.2, 0.25) is 0 Å². The van der Waals surface area contributed by atoms with E-state index in [1.165, 1.54) is 6.07 Å². The lowest BCUT2D eigenvalue weighted by molar-refractivity contribution is 0.0635. The van der Waals surface area contributed by atoms with Crippen LogP contribution in [0.15, 0.2) is 16.7 Å². The van der Waals surface area contributed by atoms with E-state index in [1.54, 1.807) is 20.8 Å². The fourth-order valence-electron chi connectivity index (χ4n) is 1.68. The van der Waals surface area contributed by atoms with E-state index in [1.807, 2.05) is 0 Å². The summed E-state index contributed by atoms with van der Waals surface area (Å²) in [4.78, 5) is 15.6. The molecule has 0 atom stereocenters. The van der Waals surface area contributed by atoms with E-state index in [0.717, 1.165) is 6.07 Å². The van der Waals surface area contributed by atoms with Crippen molar-refractivity contribution >= 4 is 11.8 Å². The van der Waals surface area contributed by atoms with Gasteiger partial charge in [-0.2, -0.15) is 4.98 Å². The summed E-state index contributed by atoms with van der Waals surface area (Å²) in [5, 5.41) is 5.76. The lowest BCUT2D eigenvalue weighted by atomic mass is 10.1. The third-order valence-corrected chi connectivity index (χ3v) is 2.56. The number of carbonyl (C=O) groups excluding carboxylic acids is 1. The van der Waals surface area contributed by atoms with Gasteiger partial charge in [-0.25, -0.2) is 13.6 Å². The number of nitrogens with two attached hydrogens (primary N) is 1. The van der Waals surface area contributed by atoms with Gasteiger partial charge in [0.1, 0.15) is 5.60 Å². The molecular weight excluding hydrogens is 310 g/mol. The predicted octanol–water partition coefficient (Wildman–Crippen LogP) is 2.82. The van der Waals surface area contributed by atoms with Crippen molar-refractivity contribution in [2.45, 2.75) is 32.9 Å². The molecule has 0 aliphatic rings. The first-order chi connectivity index (χ1) is 10.7. The van der Waals surface area contributed by atoms with Crippen LogP contribution < -0.4 is 11.1 Å². The molecule has 2 aromatic rings. The average molecular weight is 326 g/mol. The van der Waals surface area contributed by atoms with Crippen molar-refractivity contribution in [2.24, 2.45) is 5.73 Å². The van der Waals surface area contributed by atoms with E-state index in [2.05, 4.69) is 15.5 Å². The Hall–Kier alpha value is -2.55. The second-order valence-corrected chi connectivity index (χ2v) is 5.66. The maximum absolute atomic E-state index is 13.8. The number of aromatic nitrogens is 2. The molecule has 3 N–H and O–H groups in total. The molecule has 0 bridgehead atoms. The number of carbonyl (C=O) groups is 1. The Labute approximate surface area is 130 Å². The minimum absolute atomic E-state index is 0.0136. The number of halogens is 2. The minimum Gasteiger partial charge on any atom is -0.444 e. The van der Waals surface area contributed by atoms with Gasteiger partial charge in [-0.05, 0) is 32.9 Å². The number of nitrogens with one attached hydrogen (secondary N) is 1. The Kier molecular flexibility index (Phi) is 4.60. The van der Waals surface area contributed by atoms with Gasteiger partial charge in [0.15, 0.2) is 11.6 Å². The molecule has 124 valence electrons. The topological polar surface area (TPSA) is 103 Å². The van der Waals surface area contributed by atoms with Crippen molar-refractivity contribution in [1.82, 2.24) is 10.1 Å². The second-order valence-electron chi connectivity index (χ2n) is 5.66. The van der Waals surface area contributed by atoms with Crippen LogP contribution in [0.1, 0.15) is 26.7 Å². The van der Waals surface area contributed by atoms with E-state index in [-0.39, 0.29) is 23.8 Å². The molecule has 0 radical (unpaired) electrons. The van der Waals surface area contributed by atoms with Crippen molar-refractivity contribution in [2.75, 3.05) is 5.32 Å². The standard InChI is InChI=1S/C14H16F2N4O3/c1-14(2,3)22-13(21)18-9-5-7(4-8(15)11(9)16)12-19-10(6-17)23-20-12/h4-5H,6,17H2,1-3H3,(H,18,21). The quantitative estimate of drug-likeness (QED) is 0.899. The summed E-state index contributed by atoms with van der Waals surface area (Å²) < 4.78 is 37.4. The number of anilines is 1. The summed E-state index contributed by atoms with van der Waals surface area (Å²) in [7, 11) is 0. The Bertz CT molecular complexity index is 725. The molecule has 0 saturated carbocycles. The van der Waals surface area contributed by atoms with Crippen molar-refractivity contribution in [3.63, 3.8) is 0 Å². The highest BCUT2D eigenvalue weighted by Crippen LogP contribution is 2.26. The van der Waals surface area contributed by atoms with Crippen LogP contribution in [0.4, 0.5) is 19.3 Å². The summed E-state index contributed by atoms with van der Waals surface area (Å²) in [5.74, 6) is -2.22. The maximum Gasteiger partial charge on any atom is 0.412 e.